The number of carbonyl (C=O) groups excluding carboxylic acids is 3. The molecule has 0 fully saturated rings. The lowest BCUT2D eigenvalue weighted by molar-refractivity contribution is -0.162. The third-order valence-electron chi connectivity index (χ3n) is 3.69. The minimum atomic E-state index is -1.34. The SMILES string of the molecule is COC(=O)C=CC=CC=CC=CC1=CC(=O)C(OC)C(C)(OC)C1=O. The van der Waals surface area contributed by atoms with E-state index in [0.717, 1.165) is 0 Å². The lowest BCUT2D eigenvalue weighted by atomic mass is 9.81. The maximum Gasteiger partial charge on any atom is 0.330 e. The Morgan fingerprint density at radius 2 is 1.64 bits per heavy atom. The predicted molar refractivity (Wildman–Crippen MR) is 92.9 cm³/mol. The van der Waals surface area contributed by atoms with Crippen molar-refractivity contribution in [3.63, 3.8) is 0 Å². The van der Waals surface area contributed by atoms with Gasteiger partial charge in [0.15, 0.2) is 23.3 Å². The number of ketones is 2. The van der Waals surface area contributed by atoms with Crippen LogP contribution in [0.5, 0.6) is 0 Å². The second-order valence-corrected chi connectivity index (χ2v) is 5.27. The number of hydrogen-bond acceptors (Lipinski definition) is 6. The summed E-state index contributed by atoms with van der Waals surface area (Å²) in [4.78, 5) is 35.5. The van der Waals surface area contributed by atoms with Gasteiger partial charge in [-0.15, -0.1) is 0 Å². The van der Waals surface area contributed by atoms with Crippen molar-refractivity contribution in [3.8, 4) is 0 Å². The third kappa shape index (κ3) is 5.20. The largest absolute Gasteiger partial charge is 0.466 e. The van der Waals surface area contributed by atoms with E-state index in [2.05, 4.69) is 4.74 Å². The van der Waals surface area contributed by atoms with Crippen LogP contribution in [-0.2, 0) is 28.6 Å². The van der Waals surface area contributed by atoms with Crippen LogP contribution in [0, 0.1) is 0 Å². The highest BCUT2D eigenvalue weighted by atomic mass is 16.5. The maximum absolute atomic E-state index is 12.5. The highest BCUT2D eigenvalue weighted by Crippen LogP contribution is 2.28. The van der Waals surface area contributed by atoms with Crippen molar-refractivity contribution in [2.24, 2.45) is 0 Å². The van der Waals surface area contributed by atoms with Gasteiger partial charge in [-0.1, -0.05) is 42.5 Å². The first-order chi connectivity index (χ1) is 11.9. The molecule has 6 nitrogen and oxygen atoms in total. The van der Waals surface area contributed by atoms with Crippen LogP contribution in [0.3, 0.4) is 0 Å². The van der Waals surface area contributed by atoms with Crippen LogP contribution >= 0.6 is 0 Å². The average molecular weight is 346 g/mol. The monoisotopic (exact) mass is 346 g/mol. The van der Waals surface area contributed by atoms with E-state index < -0.39 is 17.7 Å². The Bertz CT molecular complexity index is 665. The molecule has 0 saturated carbocycles. The van der Waals surface area contributed by atoms with Crippen molar-refractivity contribution in [1.82, 2.24) is 0 Å². The summed E-state index contributed by atoms with van der Waals surface area (Å²) in [5.74, 6) is -1.07. The van der Waals surface area contributed by atoms with Crippen LogP contribution in [0.25, 0.3) is 0 Å². The number of esters is 1. The number of methoxy groups -OCH3 is 3. The number of Topliss-reactive ketones (excluding diaryl/α,β-unsaturated/α-hetero) is 1. The van der Waals surface area contributed by atoms with E-state index in [9.17, 15) is 14.4 Å². The predicted octanol–water partition coefficient (Wildman–Crippen LogP) is 1.88. The zero-order valence-corrected chi connectivity index (χ0v) is 14.7. The van der Waals surface area contributed by atoms with E-state index in [1.165, 1.54) is 46.5 Å². The van der Waals surface area contributed by atoms with Crippen molar-refractivity contribution in [3.05, 3.63) is 60.3 Å². The molecule has 0 saturated heterocycles. The van der Waals surface area contributed by atoms with Gasteiger partial charge in [0.2, 0.25) is 0 Å². The van der Waals surface area contributed by atoms with E-state index in [-0.39, 0.29) is 17.1 Å². The molecule has 0 N–H and O–H groups in total. The Kier molecular flexibility index (Phi) is 7.91. The number of ether oxygens (including phenoxy) is 3. The summed E-state index contributed by atoms with van der Waals surface area (Å²) >= 11 is 0. The van der Waals surface area contributed by atoms with Gasteiger partial charge in [0.05, 0.1) is 7.11 Å². The Hall–Kier alpha value is -2.57. The molecule has 25 heavy (non-hydrogen) atoms. The molecule has 6 heteroatoms. The molecule has 0 aromatic rings. The molecule has 0 bridgehead atoms. The summed E-state index contributed by atoms with van der Waals surface area (Å²) in [5, 5.41) is 0. The van der Waals surface area contributed by atoms with E-state index in [4.69, 9.17) is 9.47 Å². The molecule has 0 radical (unpaired) electrons. The molecule has 0 amide bonds. The van der Waals surface area contributed by atoms with Crippen molar-refractivity contribution in [2.45, 2.75) is 18.6 Å². The zero-order chi connectivity index (χ0) is 18.9. The van der Waals surface area contributed by atoms with Gasteiger partial charge in [-0.05, 0) is 13.0 Å². The normalized spacial score (nSPS) is 24.8. The highest BCUT2D eigenvalue weighted by Gasteiger charge is 2.49. The Balaban J connectivity index is 2.77. The molecule has 1 aliphatic carbocycles. The molecule has 0 heterocycles. The Labute approximate surface area is 147 Å². The van der Waals surface area contributed by atoms with E-state index in [1.807, 2.05) is 0 Å². The molecule has 134 valence electrons. The molecule has 0 spiro atoms. The van der Waals surface area contributed by atoms with Crippen molar-refractivity contribution < 1.29 is 28.6 Å². The standard InChI is InChI=1S/C19H22O6/c1-19(25-4)17(22)14(13-15(20)18(19)24-3)11-9-7-5-6-8-10-12-16(21)23-2/h5-13,18H,1-4H3. The van der Waals surface area contributed by atoms with Crippen LogP contribution in [0.15, 0.2) is 60.3 Å². The van der Waals surface area contributed by atoms with Gasteiger partial charge in [0, 0.05) is 25.9 Å². The maximum atomic E-state index is 12.5. The first-order valence-corrected chi connectivity index (χ1v) is 7.55. The summed E-state index contributed by atoms with van der Waals surface area (Å²) in [6, 6.07) is 0. The minimum absolute atomic E-state index is 0.252. The van der Waals surface area contributed by atoms with Gasteiger partial charge < -0.3 is 14.2 Å². The quantitative estimate of drug-likeness (QED) is 0.398. The van der Waals surface area contributed by atoms with Gasteiger partial charge in [-0.2, -0.15) is 0 Å². The van der Waals surface area contributed by atoms with E-state index >= 15 is 0 Å². The summed E-state index contributed by atoms with van der Waals surface area (Å²) in [7, 11) is 4.04. The van der Waals surface area contributed by atoms with Gasteiger partial charge in [-0.3, -0.25) is 9.59 Å². The zero-order valence-electron chi connectivity index (χ0n) is 14.7. The van der Waals surface area contributed by atoms with Crippen LogP contribution in [-0.4, -0.2) is 50.6 Å². The van der Waals surface area contributed by atoms with Crippen molar-refractivity contribution in [2.75, 3.05) is 21.3 Å². The second kappa shape index (κ2) is 9.66. The van der Waals surface area contributed by atoms with Crippen molar-refractivity contribution >= 4 is 17.5 Å². The lowest BCUT2D eigenvalue weighted by Gasteiger charge is -2.35. The first kappa shape index (κ1) is 20.5. The molecule has 1 rings (SSSR count). The van der Waals surface area contributed by atoms with Gasteiger partial charge in [0.1, 0.15) is 0 Å². The van der Waals surface area contributed by atoms with Gasteiger partial charge in [-0.25, -0.2) is 4.79 Å². The number of hydrogen-bond donors (Lipinski definition) is 0. The van der Waals surface area contributed by atoms with Crippen LogP contribution in [0.2, 0.25) is 0 Å². The molecule has 0 aromatic carbocycles. The Morgan fingerprint density at radius 1 is 1.04 bits per heavy atom. The second-order valence-electron chi connectivity index (χ2n) is 5.27. The highest BCUT2D eigenvalue weighted by molar-refractivity contribution is 6.16. The fourth-order valence-corrected chi connectivity index (χ4v) is 2.25. The average Bonchev–Trinajstić information content (AvgIpc) is 2.61. The van der Waals surface area contributed by atoms with Crippen LogP contribution in [0.4, 0.5) is 0 Å². The minimum Gasteiger partial charge on any atom is -0.466 e. The molecule has 1 aliphatic rings. The first-order valence-electron chi connectivity index (χ1n) is 7.55. The lowest BCUT2D eigenvalue weighted by Crippen LogP contribution is -2.55. The molecule has 0 aromatic heterocycles. The Morgan fingerprint density at radius 3 is 2.20 bits per heavy atom. The van der Waals surface area contributed by atoms with Gasteiger partial charge in [0.25, 0.3) is 0 Å². The molecule has 2 unspecified atom stereocenters. The van der Waals surface area contributed by atoms with E-state index in [1.54, 1.807) is 36.5 Å². The van der Waals surface area contributed by atoms with Crippen molar-refractivity contribution in [1.29, 1.82) is 0 Å². The molecule has 2 atom stereocenters. The van der Waals surface area contributed by atoms with Gasteiger partial charge >= 0.3 is 5.97 Å². The van der Waals surface area contributed by atoms with E-state index in [0.29, 0.717) is 0 Å². The smallest absolute Gasteiger partial charge is 0.330 e. The summed E-state index contributed by atoms with van der Waals surface area (Å²) in [6.07, 6.45) is 13.1. The summed E-state index contributed by atoms with van der Waals surface area (Å²) in [5.41, 5.74) is -1.09. The number of allylic oxidation sites excluding steroid dienone is 7. The fraction of sp³-hybridized carbons (Fsp3) is 0.316. The topological polar surface area (TPSA) is 78.9 Å². The number of rotatable bonds is 7. The van der Waals surface area contributed by atoms with Crippen LogP contribution in [0.1, 0.15) is 6.92 Å². The molecule has 0 aliphatic heterocycles. The number of carbonyl (C=O) groups is 3. The third-order valence-corrected chi connectivity index (χ3v) is 3.69. The molecular formula is C19H22O6. The summed E-state index contributed by atoms with van der Waals surface area (Å²) < 4.78 is 14.8. The van der Waals surface area contributed by atoms with Crippen LogP contribution < -0.4 is 0 Å². The fourth-order valence-electron chi connectivity index (χ4n) is 2.25. The summed E-state index contributed by atoms with van der Waals surface area (Å²) in [6.45, 7) is 1.54. The molecular weight excluding hydrogens is 324 g/mol.